The maximum absolute atomic E-state index is 12.2. The third-order valence-corrected chi connectivity index (χ3v) is 6.83. The molecule has 1 unspecified atom stereocenters. The van der Waals surface area contributed by atoms with Crippen LogP contribution in [-0.4, -0.2) is 33.6 Å². The van der Waals surface area contributed by atoms with Crippen molar-refractivity contribution in [3.05, 3.63) is 93.5 Å². The molecule has 5 aromatic rings. The number of hydrogen-bond acceptors (Lipinski definition) is 8. The fourth-order valence-electron chi connectivity index (χ4n) is 4.31. The molecule has 9 heteroatoms. The van der Waals surface area contributed by atoms with E-state index in [0.717, 1.165) is 48.5 Å². The molecular weight excluding hydrogens is 446 g/mol. The Bertz CT molecular complexity index is 1650. The Morgan fingerprint density at radius 2 is 1.97 bits per heavy atom. The maximum Gasteiger partial charge on any atom is 0.267 e. The zero-order chi connectivity index (χ0) is 23.3. The number of hydrogen-bond donors (Lipinski definition) is 4. The molecule has 1 atom stereocenters. The van der Waals surface area contributed by atoms with Gasteiger partial charge in [-0.2, -0.15) is 0 Å². The molecule has 34 heavy (non-hydrogen) atoms. The first-order valence-corrected chi connectivity index (χ1v) is 11.6. The van der Waals surface area contributed by atoms with Crippen LogP contribution in [-0.2, 0) is 0 Å². The lowest BCUT2D eigenvalue weighted by molar-refractivity contribution is 0.472. The molecule has 2 aromatic carbocycles. The summed E-state index contributed by atoms with van der Waals surface area (Å²) in [7, 11) is 1.81. The molecule has 0 saturated heterocycles. The van der Waals surface area contributed by atoms with E-state index in [4.69, 9.17) is 4.99 Å². The molecule has 0 amide bonds. The minimum Gasteiger partial charge on any atom is -0.331 e. The molecule has 0 radical (unpaired) electrons. The van der Waals surface area contributed by atoms with Crippen LogP contribution in [0, 0.1) is 6.92 Å². The second-order valence-corrected chi connectivity index (χ2v) is 9.33. The predicted molar refractivity (Wildman–Crippen MR) is 138 cm³/mol. The number of nitrogens with one attached hydrogen (secondary N) is 4. The van der Waals surface area contributed by atoms with Gasteiger partial charge in [0.15, 0.2) is 0 Å². The highest BCUT2D eigenvalue weighted by Gasteiger charge is 2.35. The van der Waals surface area contributed by atoms with Crippen LogP contribution in [0.1, 0.15) is 16.1 Å². The molecule has 8 nitrogen and oxygen atoms in total. The number of fused-ring (bicyclic) bond motifs is 3. The summed E-state index contributed by atoms with van der Waals surface area (Å²) in [6.45, 7) is 2.00. The average molecular weight is 468 g/mol. The quantitative estimate of drug-likeness (QED) is 0.297. The molecule has 0 spiro atoms. The Kier molecular flexibility index (Phi) is 4.68. The minimum atomic E-state index is -1.11. The van der Waals surface area contributed by atoms with Gasteiger partial charge in [-0.15, -0.1) is 11.3 Å². The fourth-order valence-corrected chi connectivity index (χ4v) is 5.12. The summed E-state index contributed by atoms with van der Waals surface area (Å²) in [4.78, 5) is 29.1. The highest BCUT2D eigenvalue weighted by Crippen LogP contribution is 2.32. The number of rotatable bonds is 4. The van der Waals surface area contributed by atoms with E-state index < -0.39 is 5.91 Å². The first-order valence-electron chi connectivity index (χ1n) is 10.8. The van der Waals surface area contributed by atoms with Crippen molar-refractivity contribution < 1.29 is 0 Å². The van der Waals surface area contributed by atoms with Crippen LogP contribution in [0.2, 0.25) is 0 Å². The van der Waals surface area contributed by atoms with Crippen molar-refractivity contribution in [3.8, 4) is 0 Å². The van der Waals surface area contributed by atoms with Crippen LogP contribution >= 0.6 is 11.3 Å². The predicted octanol–water partition coefficient (Wildman–Crippen LogP) is 4.05. The van der Waals surface area contributed by atoms with Crippen LogP contribution in [0.3, 0.4) is 0 Å². The summed E-state index contributed by atoms with van der Waals surface area (Å²) in [6, 6.07) is 17.4. The number of aromatic nitrogens is 3. The van der Waals surface area contributed by atoms with E-state index in [0.29, 0.717) is 5.82 Å². The summed E-state index contributed by atoms with van der Waals surface area (Å²) in [5.41, 5.74) is 4.07. The second-order valence-electron chi connectivity index (χ2n) is 8.10. The number of aliphatic imine (C=N–C) groups is 1. The monoisotopic (exact) mass is 467 g/mol. The second kappa shape index (κ2) is 7.75. The molecule has 0 fully saturated rings. The zero-order valence-electron chi connectivity index (χ0n) is 18.5. The Morgan fingerprint density at radius 3 is 2.85 bits per heavy atom. The van der Waals surface area contributed by atoms with Crippen LogP contribution < -0.4 is 21.5 Å². The third-order valence-electron chi connectivity index (χ3n) is 5.88. The molecular formula is C25H21N7OS. The van der Waals surface area contributed by atoms with E-state index >= 15 is 0 Å². The number of aryl methyl sites for hydroxylation is 1. The van der Waals surface area contributed by atoms with Crippen molar-refractivity contribution in [3.63, 3.8) is 0 Å². The van der Waals surface area contributed by atoms with Crippen molar-refractivity contribution in [2.45, 2.75) is 12.8 Å². The van der Waals surface area contributed by atoms with E-state index in [1.165, 1.54) is 6.07 Å². The van der Waals surface area contributed by atoms with Gasteiger partial charge in [0.2, 0.25) is 5.56 Å². The van der Waals surface area contributed by atoms with Crippen molar-refractivity contribution >= 4 is 49.5 Å². The Balaban J connectivity index is 1.54. The van der Waals surface area contributed by atoms with E-state index in [1.54, 1.807) is 23.6 Å². The van der Waals surface area contributed by atoms with E-state index in [1.807, 2.05) is 62.6 Å². The van der Waals surface area contributed by atoms with Gasteiger partial charge in [0.1, 0.15) is 5.82 Å². The van der Waals surface area contributed by atoms with Crippen molar-refractivity contribution in [2.75, 3.05) is 17.7 Å². The Morgan fingerprint density at radius 1 is 1.06 bits per heavy atom. The smallest absolute Gasteiger partial charge is 0.267 e. The van der Waals surface area contributed by atoms with Gasteiger partial charge in [-0.3, -0.25) is 15.1 Å². The van der Waals surface area contributed by atoms with Gasteiger partial charge in [-0.25, -0.2) is 9.98 Å². The molecule has 3 aromatic heterocycles. The standard InChI is InChI=1S/C25H21N7OS/c1-14-28-20-12-16(6-8-21(20)34-14)30-25(26-2)31-23(19-7-9-22(33)29-24(19)32-25)18-5-3-4-15-13-27-11-10-17(15)18/h3-13,26,30H,1-2H3,(H2,29,32,33). The summed E-state index contributed by atoms with van der Waals surface area (Å²) < 4.78 is 1.13. The largest absolute Gasteiger partial charge is 0.331 e. The fraction of sp³-hybridized carbons (Fsp3) is 0.120. The minimum absolute atomic E-state index is 0.195. The van der Waals surface area contributed by atoms with Crippen molar-refractivity contribution in [1.29, 1.82) is 0 Å². The normalized spacial score (nSPS) is 17.3. The van der Waals surface area contributed by atoms with Gasteiger partial charge in [-0.05, 0) is 49.7 Å². The number of pyridine rings is 2. The highest BCUT2D eigenvalue weighted by atomic mass is 32.1. The molecule has 0 bridgehead atoms. The SMILES string of the molecule is CNC1(Nc2ccc3sc(C)nc3c2)N=C(c2cccc3cnccc23)c2ccc(=O)[nH]c2N1. The lowest BCUT2D eigenvalue weighted by atomic mass is 9.96. The van der Waals surface area contributed by atoms with Crippen molar-refractivity contribution in [1.82, 2.24) is 20.3 Å². The molecule has 4 N–H and O–H groups in total. The summed E-state index contributed by atoms with van der Waals surface area (Å²) in [5.74, 6) is -0.531. The van der Waals surface area contributed by atoms with Gasteiger partial charge in [0.25, 0.3) is 5.91 Å². The lowest BCUT2D eigenvalue weighted by Crippen LogP contribution is -2.57. The van der Waals surface area contributed by atoms with Crippen LogP contribution in [0.15, 0.2) is 76.8 Å². The number of benzene rings is 2. The van der Waals surface area contributed by atoms with Gasteiger partial charge < -0.3 is 15.6 Å². The van der Waals surface area contributed by atoms with Gasteiger partial charge in [0, 0.05) is 40.7 Å². The van der Waals surface area contributed by atoms with Crippen LogP contribution in [0.4, 0.5) is 11.5 Å². The number of aromatic amines is 1. The topological polar surface area (TPSA) is 107 Å². The first-order chi connectivity index (χ1) is 16.5. The van der Waals surface area contributed by atoms with Gasteiger partial charge >= 0.3 is 0 Å². The molecule has 1 aliphatic rings. The lowest BCUT2D eigenvalue weighted by Gasteiger charge is -2.37. The van der Waals surface area contributed by atoms with E-state index in [9.17, 15) is 4.79 Å². The molecule has 0 saturated carbocycles. The molecule has 6 rings (SSSR count). The Hall–Kier alpha value is -4.08. The van der Waals surface area contributed by atoms with Crippen molar-refractivity contribution in [2.24, 2.45) is 4.99 Å². The zero-order valence-corrected chi connectivity index (χ0v) is 19.3. The molecule has 4 heterocycles. The third kappa shape index (κ3) is 3.42. The number of thiazole rings is 1. The van der Waals surface area contributed by atoms with Gasteiger partial charge in [-0.1, -0.05) is 18.2 Å². The van der Waals surface area contributed by atoms with E-state index in [-0.39, 0.29) is 5.56 Å². The van der Waals surface area contributed by atoms with Gasteiger partial charge in [0.05, 0.1) is 20.9 Å². The summed E-state index contributed by atoms with van der Waals surface area (Å²) in [5, 5.41) is 13.2. The van der Waals surface area contributed by atoms with Crippen LogP contribution in [0.25, 0.3) is 21.0 Å². The average Bonchev–Trinajstić information content (AvgIpc) is 3.22. The molecule has 1 aliphatic heterocycles. The highest BCUT2D eigenvalue weighted by molar-refractivity contribution is 7.18. The number of anilines is 2. The number of H-pyrrole nitrogens is 1. The number of nitrogens with zero attached hydrogens (tertiary/aromatic N) is 3. The summed E-state index contributed by atoms with van der Waals surface area (Å²) in [6.07, 6.45) is 3.61. The molecule has 0 aliphatic carbocycles. The first kappa shape index (κ1) is 20.5. The summed E-state index contributed by atoms with van der Waals surface area (Å²) >= 11 is 1.66. The molecule has 168 valence electrons. The Labute approximate surface area is 198 Å². The maximum atomic E-state index is 12.2. The van der Waals surface area contributed by atoms with E-state index in [2.05, 4.69) is 30.9 Å². The van der Waals surface area contributed by atoms with Crippen LogP contribution in [0.5, 0.6) is 0 Å².